The van der Waals surface area contributed by atoms with Crippen LogP contribution in [0, 0.1) is 0 Å². The normalized spacial score (nSPS) is 15.6. The fraction of sp³-hybridized carbons (Fsp3) is 0.333. The summed E-state index contributed by atoms with van der Waals surface area (Å²) in [5.41, 5.74) is 1.19. The summed E-state index contributed by atoms with van der Waals surface area (Å²) in [5, 5.41) is 6.88. The Kier molecular flexibility index (Phi) is 6.35. The van der Waals surface area contributed by atoms with E-state index in [1.54, 1.807) is 0 Å². The minimum absolute atomic E-state index is 0.515. The molecular weight excluding hydrogens is 368 g/mol. The zero-order chi connectivity index (χ0) is 19.2. The zero-order valence-electron chi connectivity index (χ0n) is 16.1. The first-order chi connectivity index (χ1) is 13.8. The quantitative estimate of drug-likeness (QED) is 0.509. The molecule has 1 aliphatic rings. The van der Waals surface area contributed by atoms with Gasteiger partial charge in [0.15, 0.2) is 0 Å². The van der Waals surface area contributed by atoms with Crippen LogP contribution in [-0.4, -0.2) is 37.2 Å². The molecule has 1 fully saturated rings. The van der Waals surface area contributed by atoms with E-state index in [1.807, 2.05) is 42.5 Å². The van der Waals surface area contributed by atoms with Crippen molar-refractivity contribution in [3.63, 3.8) is 0 Å². The minimum atomic E-state index is 0.515. The third-order valence-electron chi connectivity index (χ3n) is 5.45. The average Bonchev–Trinajstić information content (AvgIpc) is 2.75. The second-order valence-electron chi connectivity index (χ2n) is 7.42. The van der Waals surface area contributed by atoms with E-state index in [0.29, 0.717) is 6.04 Å². The Hall–Kier alpha value is -2.23. The van der Waals surface area contributed by atoms with Crippen LogP contribution in [0.5, 0.6) is 5.75 Å². The summed E-state index contributed by atoms with van der Waals surface area (Å²) in [5.74, 6) is 0.959. The fourth-order valence-corrected chi connectivity index (χ4v) is 4.13. The van der Waals surface area contributed by atoms with E-state index >= 15 is 0 Å². The highest BCUT2D eigenvalue weighted by molar-refractivity contribution is 6.36. The summed E-state index contributed by atoms with van der Waals surface area (Å²) in [6, 6.07) is 23.0. The van der Waals surface area contributed by atoms with Crippen LogP contribution in [0.1, 0.15) is 19.3 Å². The third kappa shape index (κ3) is 4.78. The molecule has 3 aromatic rings. The number of fused-ring (bicyclic) bond motifs is 1. The summed E-state index contributed by atoms with van der Waals surface area (Å²) in [7, 11) is 0. The maximum Gasteiger partial charge on any atom is 0.119 e. The summed E-state index contributed by atoms with van der Waals surface area (Å²) in [4.78, 5) is 2.55. The number of rotatable bonds is 7. The molecule has 3 nitrogen and oxygen atoms in total. The Morgan fingerprint density at radius 3 is 2.39 bits per heavy atom. The molecule has 0 bridgehead atoms. The largest absolute Gasteiger partial charge is 0.494 e. The lowest BCUT2D eigenvalue weighted by Gasteiger charge is -2.33. The minimum Gasteiger partial charge on any atom is -0.494 e. The maximum atomic E-state index is 6.35. The average molecular weight is 395 g/mol. The molecular formula is C24H27ClN2O. The fourth-order valence-electron chi connectivity index (χ4n) is 3.90. The number of halogens is 1. The molecule has 0 unspecified atom stereocenters. The number of piperidine rings is 1. The van der Waals surface area contributed by atoms with Gasteiger partial charge in [-0.3, -0.25) is 0 Å². The second-order valence-corrected chi connectivity index (χ2v) is 7.82. The van der Waals surface area contributed by atoms with Gasteiger partial charge < -0.3 is 15.0 Å². The number of nitrogens with one attached hydrogen (secondary N) is 1. The van der Waals surface area contributed by atoms with Crippen LogP contribution < -0.4 is 10.1 Å². The Morgan fingerprint density at radius 2 is 1.61 bits per heavy atom. The molecule has 0 aromatic heterocycles. The third-order valence-corrected chi connectivity index (χ3v) is 5.78. The molecule has 146 valence electrons. The maximum absolute atomic E-state index is 6.35. The summed E-state index contributed by atoms with van der Waals surface area (Å²) in [6.45, 7) is 4.14. The molecule has 0 spiro atoms. The number of nitrogens with zero attached hydrogens (tertiary/aromatic N) is 1. The predicted molar refractivity (Wildman–Crippen MR) is 119 cm³/mol. The van der Waals surface area contributed by atoms with Gasteiger partial charge in [0.1, 0.15) is 5.75 Å². The molecule has 0 aliphatic carbocycles. The van der Waals surface area contributed by atoms with Crippen molar-refractivity contribution in [2.24, 2.45) is 0 Å². The van der Waals surface area contributed by atoms with Crippen molar-refractivity contribution in [1.29, 1.82) is 0 Å². The van der Waals surface area contributed by atoms with Crippen molar-refractivity contribution in [1.82, 2.24) is 4.90 Å². The number of anilines is 1. The molecule has 4 rings (SSSR count). The van der Waals surface area contributed by atoms with Crippen LogP contribution in [-0.2, 0) is 0 Å². The van der Waals surface area contributed by atoms with Gasteiger partial charge in [0.2, 0.25) is 0 Å². The lowest BCUT2D eigenvalue weighted by atomic mass is 10.0. The molecule has 0 atom stereocenters. The van der Waals surface area contributed by atoms with Crippen LogP contribution >= 0.6 is 11.6 Å². The van der Waals surface area contributed by atoms with Gasteiger partial charge in [-0.05, 0) is 43.5 Å². The van der Waals surface area contributed by atoms with E-state index in [-0.39, 0.29) is 0 Å². The summed E-state index contributed by atoms with van der Waals surface area (Å²) < 4.78 is 5.80. The number of benzene rings is 3. The summed E-state index contributed by atoms with van der Waals surface area (Å²) in [6.07, 6.45) is 3.39. The van der Waals surface area contributed by atoms with Gasteiger partial charge in [0.05, 0.1) is 6.61 Å². The Labute approximate surface area is 172 Å². The van der Waals surface area contributed by atoms with Crippen LogP contribution in [0.3, 0.4) is 0 Å². The smallest absolute Gasteiger partial charge is 0.119 e. The molecule has 28 heavy (non-hydrogen) atoms. The van der Waals surface area contributed by atoms with Gasteiger partial charge in [-0.15, -0.1) is 0 Å². The van der Waals surface area contributed by atoms with Crippen LogP contribution in [0.25, 0.3) is 10.8 Å². The topological polar surface area (TPSA) is 24.5 Å². The highest BCUT2D eigenvalue weighted by Gasteiger charge is 2.19. The Balaban J connectivity index is 1.23. The van der Waals surface area contributed by atoms with E-state index in [9.17, 15) is 0 Å². The van der Waals surface area contributed by atoms with Crippen molar-refractivity contribution >= 4 is 28.1 Å². The van der Waals surface area contributed by atoms with Crippen LogP contribution in [0.4, 0.5) is 5.69 Å². The molecule has 4 heteroatoms. The Morgan fingerprint density at radius 1 is 0.893 bits per heavy atom. The van der Waals surface area contributed by atoms with E-state index in [1.165, 1.54) is 11.1 Å². The lowest BCUT2D eigenvalue weighted by molar-refractivity contribution is 0.198. The van der Waals surface area contributed by atoms with Crippen LogP contribution in [0.15, 0.2) is 66.7 Å². The van der Waals surface area contributed by atoms with Gasteiger partial charge in [0, 0.05) is 47.2 Å². The van der Waals surface area contributed by atoms with Crippen molar-refractivity contribution in [2.45, 2.75) is 25.3 Å². The van der Waals surface area contributed by atoms with Gasteiger partial charge in [-0.2, -0.15) is 0 Å². The standard InChI is InChI=1S/C24H27ClN2O/c25-23-11-12-24(22-10-5-4-9-21(22)23)26-19-13-16-27(17-14-19)15-6-18-28-20-7-2-1-3-8-20/h1-5,7-12,19,26H,6,13-18H2. The van der Waals surface area contributed by atoms with Gasteiger partial charge in [-0.1, -0.05) is 54.1 Å². The first kappa shape index (κ1) is 19.1. The molecule has 1 N–H and O–H groups in total. The van der Waals surface area contributed by atoms with Crippen molar-refractivity contribution < 1.29 is 4.74 Å². The van der Waals surface area contributed by atoms with E-state index in [2.05, 4.69) is 34.5 Å². The number of hydrogen-bond donors (Lipinski definition) is 1. The van der Waals surface area contributed by atoms with Gasteiger partial charge >= 0.3 is 0 Å². The first-order valence-electron chi connectivity index (χ1n) is 10.1. The molecule has 1 saturated heterocycles. The highest BCUT2D eigenvalue weighted by atomic mass is 35.5. The SMILES string of the molecule is Clc1ccc(NC2CCN(CCCOc3ccccc3)CC2)c2ccccc12. The van der Waals surface area contributed by atoms with E-state index in [4.69, 9.17) is 16.3 Å². The monoisotopic (exact) mass is 394 g/mol. The molecule has 0 saturated carbocycles. The van der Waals surface area contributed by atoms with Crippen molar-refractivity contribution in [3.05, 3.63) is 71.8 Å². The molecule has 1 aliphatic heterocycles. The highest BCUT2D eigenvalue weighted by Crippen LogP contribution is 2.31. The molecule has 3 aromatic carbocycles. The number of likely N-dealkylation sites (tertiary alicyclic amines) is 1. The second kappa shape index (κ2) is 9.31. The molecule has 0 radical (unpaired) electrons. The van der Waals surface area contributed by atoms with E-state index in [0.717, 1.165) is 61.7 Å². The van der Waals surface area contributed by atoms with Crippen molar-refractivity contribution in [3.8, 4) is 5.75 Å². The van der Waals surface area contributed by atoms with Gasteiger partial charge in [-0.25, -0.2) is 0 Å². The number of hydrogen-bond acceptors (Lipinski definition) is 3. The van der Waals surface area contributed by atoms with Gasteiger partial charge in [0.25, 0.3) is 0 Å². The first-order valence-corrected chi connectivity index (χ1v) is 10.5. The van der Waals surface area contributed by atoms with E-state index < -0.39 is 0 Å². The lowest BCUT2D eigenvalue weighted by Crippen LogP contribution is -2.39. The molecule has 1 heterocycles. The Bertz CT molecular complexity index is 892. The molecule has 0 amide bonds. The van der Waals surface area contributed by atoms with Crippen LogP contribution in [0.2, 0.25) is 5.02 Å². The summed E-state index contributed by atoms with van der Waals surface area (Å²) >= 11 is 6.35. The number of ether oxygens (including phenoxy) is 1. The predicted octanol–water partition coefficient (Wildman–Crippen LogP) is 5.84. The van der Waals surface area contributed by atoms with Crippen molar-refractivity contribution in [2.75, 3.05) is 31.6 Å². The number of para-hydroxylation sites is 1. The zero-order valence-corrected chi connectivity index (χ0v) is 16.9.